The van der Waals surface area contributed by atoms with Gasteiger partial charge in [-0.25, -0.2) is 4.98 Å². The molecule has 30 heavy (non-hydrogen) atoms. The minimum atomic E-state index is 0. The van der Waals surface area contributed by atoms with Crippen molar-refractivity contribution in [1.29, 1.82) is 0 Å². The van der Waals surface area contributed by atoms with Crippen LogP contribution in [0.3, 0.4) is 0 Å². The smallest absolute Gasteiger partial charge is 0.119 e. The second kappa shape index (κ2) is 8.90. The topological polar surface area (TPSA) is 49.9 Å². The molecule has 1 aliphatic carbocycles. The number of H-pyrrole nitrogens is 1. The van der Waals surface area contributed by atoms with Gasteiger partial charge in [-0.15, -0.1) is 12.4 Å². The summed E-state index contributed by atoms with van der Waals surface area (Å²) in [6.07, 6.45) is 3.98. The van der Waals surface area contributed by atoms with Crippen molar-refractivity contribution < 1.29 is 4.74 Å². The lowest BCUT2D eigenvalue weighted by atomic mass is 9.99. The standard InChI is InChI=1S/C25H25N3O.ClH/c1-17-23(10-11-24-25(17)28-16-27-24)18-6-8-22(9-7-18)29-13-12-26-21-14-19-4-2-3-5-20(19)15-21;/h2-11,16,21,26H,12-15H2,1H3,(H,27,28);1H. The van der Waals surface area contributed by atoms with Gasteiger partial charge in [0.05, 0.1) is 17.4 Å². The van der Waals surface area contributed by atoms with Gasteiger partial charge < -0.3 is 15.0 Å². The summed E-state index contributed by atoms with van der Waals surface area (Å²) in [7, 11) is 0. The van der Waals surface area contributed by atoms with Gasteiger partial charge in [0.25, 0.3) is 0 Å². The maximum absolute atomic E-state index is 5.94. The van der Waals surface area contributed by atoms with Gasteiger partial charge in [-0.2, -0.15) is 0 Å². The van der Waals surface area contributed by atoms with Gasteiger partial charge in [0.2, 0.25) is 0 Å². The van der Waals surface area contributed by atoms with Crippen LogP contribution < -0.4 is 10.1 Å². The lowest BCUT2D eigenvalue weighted by Crippen LogP contribution is -2.33. The van der Waals surface area contributed by atoms with Gasteiger partial charge in [-0.05, 0) is 65.8 Å². The van der Waals surface area contributed by atoms with Crippen LogP contribution in [0, 0.1) is 6.92 Å². The number of halogens is 1. The Morgan fingerprint density at radius 2 is 1.73 bits per heavy atom. The van der Waals surface area contributed by atoms with Gasteiger partial charge in [-0.1, -0.05) is 42.5 Å². The molecule has 154 valence electrons. The maximum Gasteiger partial charge on any atom is 0.119 e. The molecule has 1 heterocycles. The highest BCUT2D eigenvalue weighted by atomic mass is 35.5. The Balaban J connectivity index is 0.00000218. The Labute approximate surface area is 183 Å². The van der Waals surface area contributed by atoms with Crippen molar-refractivity contribution in [2.24, 2.45) is 0 Å². The summed E-state index contributed by atoms with van der Waals surface area (Å²) in [5.74, 6) is 0.906. The summed E-state index contributed by atoms with van der Waals surface area (Å²) in [6.45, 7) is 3.65. The first kappa shape index (κ1) is 20.5. The van der Waals surface area contributed by atoms with Crippen molar-refractivity contribution >= 4 is 23.4 Å². The second-order valence-corrected chi connectivity index (χ2v) is 7.74. The molecule has 0 saturated heterocycles. The molecule has 0 spiro atoms. The van der Waals surface area contributed by atoms with Crippen LogP contribution in [0.1, 0.15) is 16.7 Å². The van der Waals surface area contributed by atoms with Gasteiger partial charge in [0.15, 0.2) is 0 Å². The number of ether oxygens (including phenoxy) is 1. The van der Waals surface area contributed by atoms with E-state index in [0.29, 0.717) is 12.6 Å². The number of imidazole rings is 1. The molecule has 0 bridgehead atoms. The van der Waals surface area contributed by atoms with Crippen molar-refractivity contribution in [2.75, 3.05) is 13.2 Å². The average Bonchev–Trinajstić information content (AvgIpc) is 3.39. The lowest BCUT2D eigenvalue weighted by molar-refractivity contribution is 0.306. The molecular weight excluding hydrogens is 394 g/mol. The number of hydrogen-bond donors (Lipinski definition) is 2. The molecule has 3 aromatic carbocycles. The molecule has 0 atom stereocenters. The molecule has 2 N–H and O–H groups in total. The Kier molecular flexibility index (Phi) is 6.07. The maximum atomic E-state index is 5.94. The third-order valence-electron chi connectivity index (χ3n) is 5.86. The van der Waals surface area contributed by atoms with Crippen LogP contribution in [-0.2, 0) is 12.8 Å². The predicted molar refractivity (Wildman–Crippen MR) is 125 cm³/mol. The van der Waals surface area contributed by atoms with Crippen LogP contribution in [0.5, 0.6) is 5.75 Å². The van der Waals surface area contributed by atoms with Gasteiger partial charge in [-0.3, -0.25) is 0 Å². The first-order valence-corrected chi connectivity index (χ1v) is 10.2. The van der Waals surface area contributed by atoms with Crippen LogP contribution in [0.15, 0.2) is 67.0 Å². The fraction of sp³-hybridized carbons (Fsp3) is 0.240. The highest BCUT2D eigenvalue weighted by Gasteiger charge is 2.19. The van der Waals surface area contributed by atoms with E-state index in [1.807, 2.05) is 0 Å². The number of aromatic nitrogens is 2. The van der Waals surface area contributed by atoms with Crippen LogP contribution in [0.2, 0.25) is 0 Å². The number of nitrogens with zero attached hydrogens (tertiary/aromatic N) is 1. The molecule has 0 fully saturated rings. The summed E-state index contributed by atoms with van der Waals surface area (Å²) >= 11 is 0. The predicted octanol–water partition coefficient (Wildman–Crippen LogP) is 5.10. The molecule has 0 aliphatic heterocycles. The van der Waals surface area contributed by atoms with E-state index in [9.17, 15) is 0 Å². The minimum Gasteiger partial charge on any atom is -0.492 e. The Morgan fingerprint density at radius 1 is 1.00 bits per heavy atom. The van der Waals surface area contributed by atoms with Crippen LogP contribution >= 0.6 is 12.4 Å². The molecule has 1 aliphatic rings. The molecule has 5 heteroatoms. The fourth-order valence-electron chi connectivity index (χ4n) is 4.33. The van der Waals surface area contributed by atoms with Crippen molar-refractivity contribution in [1.82, 2.24) is 15.3 Å². The lowest BCUT2D eigenvalue weighted by Gasteiger charge is -2.13. The monoisotopic (exact) mass is 419 g/mol. The van der Waals surface area contributed by atoms with Gasteiger partial charge in [0, 0.05) is 12.6 Å². The zero-order valence-corrected chi connectivity index (χ0v) is 17.8. The molecular formula is C25H26ClN3O. The normalized spacial score (nSPS) is 13.2. The van der Waals surface area contributed by atoms with Gasteiger partial charge >= 0.3 is 0 Å². The van der Waals surface area contributed by atoms with E-state index in [-0.39, 0.29) is 12.4 Å². The van der Waals surface area contributed by atoms with Crippen LogP contribution in [0.4, 0.5) is 0 Å². The third-order valence-corrected chi connectivity index (χ3v) is 5.86. The van der Waals surface area contributed by atoms with Crippen molar-refractivity contribution in [3.8, 4) is 16.9 Å². The summed E-state index contributed by atoms with van der Waals surface area (Å²) in [5.41, 5.74) is 8.64. The van der Waals surface area contributed by atoms with E-state index >= 15 is 0 Å². The average molecular weight is 420 g/mol. The molecule has 0 radical (unpaired) electrons. The molecule has 5 rings (SSSR count). The van der Waals surface area contributed by atoms with Gasteiger partial charge in [0.1, 0.15) is 12.4 Å². The summed E-state index contributed by atoms with van der Waals surface area (Å²) in [5, 5.41) is 3.62. The van der Waals surface area contributed by atoms with E-state index in [0.717, 1.165) is 36.2 Å². The molecule has 0 amide bonds. The number of aryl methyl sites for hydroxylation is 1. The molecule has 0 unspecified atom stereocenters. The van der Waals surface area contributed by atoms with Crippen molar-refractivity contribution in [3.05, 3.63) is 83.7 Å². The highest BCUT2D eigenvalue weighted by Crippen LogP contribution is 2.29. The minimum absolute atomic E-state index is 0. The first-order valence-electron chi connectivity index (χ1n) is 10.2. The molecule has 4 aromatic rings. The highest BCUT2D eigenvalue weighted by molar-refractivity contribution is 5.86. The molecule has 0 saturated carbocycles. The quantitative estimate of drug-likeness (QED) is 0.428. The van der Waals surface area contributed by atoms with E-state index in [4.69, 9.17) is 4.74 Å². The third kappa shape index (κ3) is 4.07. The van der Waals surface area contributed by atoms with E-state index in [1.54, 1.807) is 6.33 Å². The number of nitrogens with one attached hydrogen (secondary N) is 2. The summed E-state index contributed by atoms with van der Waals surface area (Å²) in [4.78, 5) is 7.60. The molecule has 4 nitrogen and oxygen atoms in total. The Bertz CT molecular complexity index is 1110. The second-order valence-electron chi connectivity index (χ2n) is 7.74. The fourth-order valence-corrected chi connectivity index (χ4v) is 4.33. The number of aromatic amines is 1. The first-order chi connectivity index (χ1) is 14.3. The zero-order valence-electron chi connectivity index (χ0n) is 17.0. The Morgan fingerprint density at radius 3 is 2.47 bits per heavy atom. The number of benzene rings is 3. The van der Waals surface area contributed by atoms with E-state index in [1.165, 1.54) is 27.8 Å². The number of fused-ring (bicyclic) bond motifs is 2. The Hall–Kier alpha value is -2.82. The van der Waals surface area contributed by atoms with Crippen LogP contribution in [-0.4, -0.2) is 29.2 Å². The largest absolute Gasteiger partial charge is 0.492 e. The number of hydrogen-bond acceptors (Lipinski definition) is 3. The summed E-state index contributed by atoms with van der Waals surface area (Å²) in [6, 6.07) is 21.8. The summed E-state index contributed by atoms with van der Waals surface area (Å²) < 4.78 is 5.94. The van der Waals surface area contributed by atoms with Crippen molar-refractivity contribution in [3.63, 3.8) is 0 Å². The molecule has 1 aromatic heterocycles. The van der Waals surface area contributed by atoms with E-state index < -0.39 is 0 Å². The zero-order chi connectivity index (χ0) is 19.6. The van der Waals surface area contributed by atoms with Crippen molar-refractivity contribution in [2.45, 2.75) is 25.8 Å². The van der Waals surface area contributed by atoms with E-state index in [2.05, 4.69) is 82.9 Å². The number of rotatable bonds is 6. The SMILES string of the molecule is Cc1c(-c2ccc(OCCNC3Cc4ccccc4C3)cc2)ccc2[nH]cnc12.Cl. The van der Waals surface area contributed by atoms with Crippen LogP contribution in [0.25, 0.3) is 22.2 Å².